The fourth-order valence-electron chi connectivity index (χ4n) is 2.07. The van der Waals surface area contributed by atoms with Crippen LogP contribution in [0.5, 0.6) is 5.75 Å². The Morgan fingerprint density at radius 2 is 2.04 bits per heavy atom. The first-order chi connectivity index (χ1) is 11.7. The number of rotatable bonds is 7. The molecule has 122 valence electrons. The van der Waals surface area contributed by atoms with Gasteiger partial charge in [0.05, 0.1) is 23.8 Å². The minimum absolute atomic E-state index is 0.124. The van der Waals surface area contributed by atoms with Gasteiger partial charge in [-0.2, -0.15) is 5.26 Å². The number of allylic oxidation sites excluding steroid dienone is 1. The molecule has 0 N–H and O–H groups in total. The van der Waals surface area contributed by atoms with Crippen molar-refractivity contribution in [3.63, 3.8) is 0 Å². The van der Waals surface area contributed by atoms with E-state index in [4.69, 9.17) is 14.7 Å². The highest BCUT2D eigenvalue weighted by atomic mass is 19.1. The van der Waals surface area contributed by atoms with Crippen LogP contribution >= 0.6 is 0 Å². The summed E-state index contributed by atoms with van der Waals surface area (Å²) in [4.78, 5) is 12.3. The number of carbonyl (C=O) groups is 1. The number of carbonyl (C=O) groups excluding carboxylic acids is 1. The van der Waals surface area contributed by atoms with E-state index in [1.807, 2.05) is 6.07 Å². The van der Waals surface area contributed by atoms with Gasteiger partial charge >= 0.3 is 0 Å². The van der Waals surface area contributed by atoms with Crippen LogP contribution in [0.25, 0.3) is 6.08 Å². The Morgan fingerprint density at radius 3 is 2.79 bits per heavy atom. The van der Waals surface area contributed by atoms with E-state index in [0.29, 0.717) is 17.7 Å². The topological polar surface area (TPSA) is 59.3 Å². The van der Waals surface area contributed by atoms with Gasteiger partial charge in [-0.15, -0.1) is 0 Å². The molecule has 24 heavy (non-hydrogen) atoms. The number of benzene rings is 2. The zero-order chi connectivity index (χ0) is 17.4. The van der Waals surface area contributed by atoms with Crippen LogP contribution in [0.2, 0.25) is 0 Å². The number of hydrogen-bond acceptors (Lipinski definition) is 4. The summed E-state index contributed by atoms with van der Waals surface area (Å²) >= 11 is 0. The zero-order valence-corrected chi connectivity index (χ0v) is 13.2. The molecule has 0 aliphatic rings. The number of nitrogens with zero attached hydrogens (tertiary/aromatic N) is 1. The maximum Gasteiger partial charge on any atom is 0.192 e. The molecule has 2 rings (SSSR count). The van der Waals surface area contributed by atoms with Crippen LogP contribution < -0.4 is 4.74 Å². The van der Waals surface area contributed by atoms with Gasteiger partial charge in [0.2, 0.25) is 0 Å². The second kappa shape index (κ2) is 8.61. The maximum atomic E-state index is 14.0. The minimum atomic E-state index is -0.648. The van der Waals surface area contributed by atoms with E-state index in [1.165, 1.54) is 37.5 Å². The van der Waals surface area contributed by atoms with E-state index in [1.54, 1.807) is 24.3 Å². The lowest BCUT2D eigenvalue weighted by atomic mass is 10.1. The molecule has 2 aromatic carbocycles. The largest absolute Gasteiger partial charge is 0.490 e. The molecule has 0 aliphatic carbocycles. The van der Waals surface area contributed by atoms with Crippen molar-refractivity contribution in [1.29, 1.82) is 5.26 Å². The fourth-order valence-corrected chi connectivity index (χ4v) is 2.07. The van der Waals surface area contributed by atoms with E-state index in [2.05, 4.69) is 0 Å². The SMILES string of the molecule is COCCOc1cccc(F)c1C(=O)C=Cc1cccc(C#N)c1. The van der Waals surface area contributed by atoms with Gasteiger partial charge in [0.1, 0.15) is 18.2 Å². The molecule has 0 saturated carbocycles. The first-order valence-corrected chi connectivity index (χ1v) is 7.28. The lowest BCUT2D eigenvalue weighted by molar-refractivity contribution is 0.103. The Balaban J connectivity index is 2.22. The molecule has 0 bridgehead atoms. The molecule has 0 fully saturated rings. The Bertz CT molecular complexity index is 793. The Morgan fingerprint density at radius 1 is 1.25 bits per heavy atom. The molecule has 0 atom stereocenters. The quantitative estimate of drug-likeness (QED) is 0.443. The smallest absolute Gasteiger partial charge is 0.192 e. The molecule has 0 radical (unpaired) electrons. The average molecular weight is 325 g/mol. The minimum Gasteiger partial charge on any atom is -0.490 e. The predicted octanol–water partition coefficient (Wildman–Crippen LogP) is 3.62. The number of halogens is 1. The molecule has 0 saturated heterocycles. The molecule has 5 heteroatoms. The average Bonchev–Trinajstić information content (AvgIpc) is 2.60. The lowest BCUT2D eigenvalue weighted by Crippen LogP contribution is -2.09. The summed E-state index contributed by atoms with van der Waals surface area (Å²) < 4.78 is 24.3. The van der Waals surface area contributed by atoms with Gasteiger partial charge in [0.25, 0.3) is 0 Å². The monoisotopic (exact) mass is 325 g/mol. The van der Waals surface area contributed by atoms with Crippen molar-refractivity contribution in [1.82, 2.24) is 0 Å². The van der Waals surface area contributed by atoms with Crippen molar-refractivity contribution < 1.29 is 18.7 Å². The van der Waals surface area contributed by atoms with E-state index in [-0.39, 0.29) is 17.9 Å². The normalized spacial score (nSPS) is 10.5. The highest BCUT2D eigenvalue weighted by Gasteiger charge is 2.15. The third-order valence-electron chi connectivity index (χ3n) is 3.21. The highest BCUT2D eigenvalue weighted by molar-refractivity contribution is 6.08. The van der Waals surface area contributed by atoms with Crippen LogP contribution in [0.1, 0.15) is 21.5 Å². The molecule has 2 aromatic rings. The van der Waals surface area contributed by atoms with Crippen LogP contribution in [0.3, 0.4) is 0 Å². The number of hydrogen-bond donors (Lipinski definition) is 0. The first-order valence-electron chi connectivity index (χ1n) is 7.28. The third-order valence-corrected chi connectivity index (χ3v) is 3.21. The number of nitriles is 1. The van der Waals surface area contributed by atoms with Crippen LogP contribution in [0.4, 0.5) is 4.39 Å². The molecular weight excluding hydrogens is 309 g/mol. The van der Waals surface area contributed by atoms with Crippen LogP contribution in [0, 0.1) is 17.1 Å². The summed E-state index contributed by atoms with van der Waals surface area (Å²) in [6.07, 6.45) is 2.80. The van der Waals surface area contributed by atoms with Crippen molar-refractivity contribution in [2.24, 2.45) is 0 Å². The molecular formula is C19H16FNO3. The Kier molecular flexibility index (Phi) is 6.23. The van der Waals surface area contributed by atoms with Gasteiger partial charge in [-0.25, -0.2) is 4.39 Å². The van der Waals surface area contributed by atoms with Crippen LogP contribution in [-0.2, 0) is 4.74 Å². The van der Waals surface area contributed by atoms with Crippen molar-refractivity contribution in [3.8, 4) is 11.8 Å². The highest BCUT2D eigenvalue weighted by Crippen LogP contribution is 2.23. The molecule has 0 spiro atoms. The van der Waals surface area contributed by atoms with E-state index in [0.717, 1.165) is 0 Å². The maximum absolute atomic E-state index is 14.0. The van der Waals surface area contributed by atoms with Gasteiger partial charge in [-0.1, -0.05) is 24.3 Å². The second-order valence-corrected chi connectivity index (χ2v) is 4.89. The third kappa shape index (κ3) is 4.51. The molecule has 0 unspecified atom stereocenters. The van der Waals surface area contributed by atoms with Gasteiger partial charge in [0, 0.05) is 7.11 Å². The Hall–Kier alpha value is -2.97. The summed E-state index contributed by atoms with van der Waals surface area (Å²) in [5.74, 6) is -0.985. The van der Waals surface area contributed by atoms with Gasteiger partial charge < -0.3 is 9.47 Å². The van der Waals surface area contributed by atoms with Crippen LogP contribution in [-0.4, -0.2) is 26.1 Å². The fraction of sp³-hybridized carbons (Fsp3) is 0.158. The summed E-state index contributed by atoms with van der Waals surface area (Å²) in [5.41, 5.74) is 1.04. The molecule has 0 heterocycles. The molecule has 0 aliphatic heterocycles. The van der Waals surface area contributed by atoms with E-state index in [9.17, 15) is 9.18 Å². The van der Waals surface area contributed by atoms with Crippen molar-refractivity contribution >= 4 is 11.9 Å². The predicted molar refractivity (Wildman–Crippen MR) is 88.3 cm³/mol. The summed E-state index contributed by atoms with van der Waals surface area (Å²) in [6, 6.07) is 13.0. The second-order valence-electron chi connectivity index (χ2n) is 4.89. The van der Waals surface area contributed by atoms with Crippen molar-refractivity contribution in [3.05, 3.63) is 71.0 Å². The Labute approximate surface area is 139 Å². The summed E-state index contributed by atoms with van der Waals surface area (Å²) in [7, 11) is 1.53. The van der Waals surface area contributed by atoms with Gasteiger partial charge in [-0.05, 0) is 35.9 Å². The van der Waals surface area contributed by atoms with Crippen molar-refractivity contribution in [2.45, 2.75) is 0 Å². The first kappa shape index (κ1) is 17.4. The van der Waals surface area contributed by atoms with E-state index < -0.39 is 11.6 Å². The molecule has 0 amide bonds. The molecule has 0 aromatic heterocycles. The molecule has 4 nitrogen and oxygen atoms in total. The zero-order valence-electron chi connectivity index (χ0n) is 13.2. The standard InChI is InChI=1S/C19H16FNO3/c1-23-10-11-24-18-7-3-6-16(20)19(18)17(22)9-8-14-4-2-5-15(12-14)13-21/h2-9,12H,10-11H2,1H3. The summed E-state index contributed by atoms with van der Waals surface area (Å²) in [5, 5.41) is 8.88. The number of methoxy groups -OCH3 is 1. The lowest BCUT2D eigenvalue weighted by Gasteiger charge is -2.10. The number of ketones is 1. The summed E-state index contributed by atoms with van der Waals surface area (Å²) in [6.45, 7) is 0.551. The van der Waals surface area contributed by atoms with Crippen molar-refractivity contribution in [2.75, 3.05) is 20.3 Å². The van der Waals surface area contributed by atoms with E-state index >= 15 is 0 Å². The van der Waals surface area contributed by atoms with Gasteiger partial charge in [0.15, 0.2) is 5.78 Å². The van der Waals surface area contributed by atoms with Crippen LogP contribution in [0.15, 0.2) is 48.5 Å². The van der Waals surface area contributed by atoms with Gasteiger partial charge in [-0.3, -0.25) is 4.79 Å². The number of ether oxygens (including phenoxy) is 2.